The quantitative estimate of drug-likeness (QED) is 0.848. The highest BCUT2D eigenvalue weighted by molar-refractivity contribution is 9.10. The number of halogens is 1. The van der Waals surface area contributed by atoms with E-state index < -0.39 is 0 Å². The molecule has 0 radical (unpaired) electrons. The van der Waals surface area contributed by atoms with E-state index in [1.54, 1.807) is 6.92 Å². The van der Waals surface area contributed by atoms with Crippen LogP contribution in [0.15, 0.2) is 16.7 Å². The largest absolute Gasteiger partial charge is 0.340 e. The van der Waals surface area contributed by atoms with Crippen LogP contribution in [0.2, 0.25) is 0 Å². The van der Waals surface area contributed by atoms with Crippen molar-refractivity contribution in [3.05, 3.63) is 22.4 Å². The van der Waals surface area contributed by atoms with E-state index >= 15 is 0 Å². The average molecular weight is 281 g/mol. The van der Waals surface area contributed by atoms with E-state index in [2.05, 4.69) is 33.1 Å². The standard InChI is InChI=1S/C12H13BrN2O/c1-2-3-6-14-12(16)11-7-9(13)8-15(11)10-4-5-10/h7-8,10H,4-6H2,1H3,(H,14,16). The minimum absolute atomic E-state index is 0.0552. The molecule has 3 nitrogen and oxygen atoms in total. The number of nitrogens with one attached hydrogen (secondary N) is 1. The molecule has 1 amide bonds. The lowest BCUT2D eigenvalue weighted by molar-refractivity contribution is 0.0949. The van der Waals surface area contributed by atoms with Crippen molar-refractivity contribution in [1.29, 1.82) is 0 Å². The van der Waals surface area contributed by atoms with Crippen molar-refractivity contribution in [3.8, 4) is 11.8 Å². The fourth-order valence-corrected chi connectivity index (χ4v) is 2.02. The smallest absolute Gasteiger partial charge is 0.268 e. The Balaban J connectivity index is 2.11. The van der Waals surface area contributed by atoms with Crippen LogP contribution in [0, 0.1) is 11.8 Å². The number of hydrogen-bond acceptors (Lipinski definition) is 1. The third-order valence-electron chi connectivity index (χ3n) is 2.50. The molecule has 1 aliphatic rings. The van der Waals surface area contributed by atoms with E-state index in [0.29, 0.717) is 18.3 Å². The lowest BCUT2D eigenvalue weighted by Gasteiger charge is -2.06. The Hall–Kier alpha value is -1.21. The number of carbonyl (C=O) groups excluding carboxylic acids is 1. The molecule has 84 valence electrons. The van der Waals surface area contributed by atoms with Gasteiger partial charge in [-0.1, -0.05) is 5.92 Å². The Kier molecular flexibility index (Phi) is 3.35. The lowest BCUT2D eigenvalue weighted by atomic mass is 10.4. The van der Waals surface area contributed by atoms with E-state index in [0.717, 1.165) is 17.3 Å². The summed E-state index contributed by atoms with van der Waals surface area (Å²) in [5, 5.41) is 2.78. The Morgan fingerprint density at radius 1 is 1.69 bits per heavy atom. The van der Waals surface area contributed by atoms with Crippen molar-refractivity contribution in [2.75, 3.05) is 6.54 Å². The Labute approximate surface area is 103 Å². The molecule has 1 aromatic heterocycles. The van der Waals surface area contributed by atoms with Gasteiger partial charge in [0, 0.05) is 16.7 Å². The molecule has 0 bridgehead atoms. The van der Waals surface area contributed by atoms with Crippen molar-refractivity contribution in [1.82, 2.24) is 9.88 Å². The molecular weight excluding hydrogens is 268 g/mol. The van der Waals surface area contributed by atoms with Crippen LogP contribution in [0.25, 0.3) is 0 Å². The molecule has 2 rings (SSSR count). The van der Waals surface area contributed by atoms with Gasteiger partial charge in [0.05, 0.1) is 6.54 Å². The molecule has 4 heteroatoms. The highest BCUT2D eigenvalue weighted by Crippen LogP contribution is 2.37. The molecule has 0 aliphatic heterocycles. The van der Waals surface area contributed by atoms with Gasteiger partial charge in [-0.15, -0.1) is 5.92 Å². The predicted octanol–water partition coefficient (Wildman–Crippen LogP) is 2.34. The van der Waals surface area contributed by atoms with Crippen molar-refractivity contribution < 1.29 is 4.79 Å². The SMILES string of the molecule is CC#CCNC(=O)c1cc(Br)cn1C1CC1. The fraction of sp³-hybridized carbons (Fsp3) is 0.417. The summed E-state index contributed by atoms with van der Waals surface area (Å²) in [6.07, 6.45) is 4.30. The van der Waals surface area contributed by atoms with Crippen molar-refractivity contribution in [2.24, 2.45) is 0 Å². The molecule has 1 aromatic rings. The lowest BCUT2D eigenvalue weighted by Crippen LogP contribution is -2.25. The van der Waals surface area contributed by atoms with Gasteiger partial charge in [-0.25, -0.2) is 0 Å². The van der Waals surface area contributed by atoms with E-state index in [1.807, 2.05) is 16.8 Å². The summed E-state index contributed by atoms with van der Waals surface area (Å²) in [6, 6.07) is 2.36. The van der Waals surface area contributed by atoms with Crippen LogP contribution in [-0.2, 0) is 0 Å². The van der Waals surface area contributed by atoms with Gasteiger partial charge < -0.3 is 9.88 Å². The number of amides is 1. The number of aromatic nitrogens is 1. The second-order valence-corrected chi connectivity index (χ2v) is 4.71. The van der Waals surface area contributed by atoms with Gasteiger partial charge in [0.2, 0.25) is 0 Å². The molecule has 1 aliphatic carbocycles. The van der Waals surface area contributed by atoms with E-state index in [4.69, 9.17) is 0 Å². The first-order valence-electron chi connectivity index (χ1n) is 5.27. The zero-order valence-corrected chi connectivity index (χ0v) is 10.7. The predicted molar refractivity (Wildman–Crippen MR) is 66.2 cm³/mol. The van der Waals surface area contributed by atoms with Gasteiger partial charge in [-0.05, 0) is 41.8 Å². The van der Waals surface area contributed by atoms with Crippen molar-refractivity contribution in [2.45, 2.75) is 25.8 Å². The minimum atomic E-state index is -0.0552. The molecule has 1 heterocycles. The highest BCUT2D eigenvalue weighted by Gasteiger charge is 2.27. The third-order valence-corrected chi connectivity index (χ3v) is 2.94. The molecule has 0 aromatic carbocycles. The molecule has 0 atom stereocenters. The maximum atomic E-state index is 11.9. The van der Waals surface area contributed by atoms with Crippen LogP contribution in [-0.4, -0.2) is 17.0 Å². The summed E-state index contributed by atoms with van der Waals surface area (Å²) in [7, 11) is 0. The van der Waals surface area contributed by atoms with Crippen LogP contribution >= 0.6 is 15.9 Å². The molecule has 0 unspecified atom stereocenters. The Morgan fingerprint density at radius 2 is 2.44 bits per heavy atom. The number of carbonyl (C=O) groups is 1. The summed E-state index contributed by atoms with van der Waals surface area (Å²) in [5.74, 6) is 5.51. The molecule has 0 spiro atoms. The average Bonchev–Trinajstić information content (AvgIpc) is 3.02. The monoisotopic (exact) mass is 280 g/mol. The molecule has 0 saturated heterocycles. The van der Waals surface area contributed by atoms with E-state index in [-0.39, 0.29) is 5.91 Å². The Bertz CT molecular complexity index is 463. The summed E-state index contributed by atoms with van der Waals surface area (Å²) in [5.41, 5.74) is 0.715. The Morgan fingerprint density at radius 3 is 3.06 bits per heavy atom. The van der Waals surface area contributed by atoms with E-state index in [9.17, 15) is 4.79 Å². The minimum Gasteiger partial charge on any atom is -0.340 e. The van der Waals surface area contributed by atoms with Gasteiger partial charge in [-0.2, -0.15) is 0 Å². The van der Waals surface area contributed by atoms with Crippen LogP contribution in [0.1, 0.15) is 36.3 Å². The molecule has 1 saturated carbocycles. The topological polar surface area (TPSA) is 34.0 Å². The first-order chi connectivity index (χ1) is 7.72. The number of hydrogen-bond donors (Lipinski definition) is 1. The second-order valence-electron chi connectivity index (χ2n) is 3.79. The van der Waals surface area contributed by atoms with Gasteiger partial charge in [-0.3, -0.25) is 4.79 Å². The number of rotatable bonds is 3. The third kappa shape index (κ3) is 2.48. The maximum Gasteiger partial charge on any atom is 0.268 e. The van der Waals surface area contributed by atoms with Gasteiger partial charge in [0.25, 0.3) is 5.91 Å². The molecule has 16 heavy (non-hydrogen) atoms. The van der Waals surface area contributed by atoms with Crippen molar-refractivity contribution in [3.63, 3.8) is 0 Å². The summed E-state index contributed by atoms with van der Waals surface area (Å²) in [4.78, 5) is 11.9. The highest BCUT2D eigenvalue weighted by atomic mass is 79.9. The first-order valence-corrected chi connectivity index (χ1v) is 6.07. The summed E-state index contributed by atoms with van der Waals surface area (Å²) in [6.45, 7) is 2.17. The van der Waals surface area contributed by atoms with Crippen LogP contribution in [0.5, 0.6) is 0 Å². The van der Waals surface area contributed by atoms with Gasteiger partial charge in [0.15, 0.2) is 0 Å². The first kappa shape index (κ1) is 11.3. The normalized spacial score (nSPS) is 14.1. The molecule has 1 fully saturated rings. The van der Waals surface area contributed by atoms with Crippen LogP contribution in [0.3, 0.4) is 0 Å². The second kappa shape index (κ2) is 4.75. The number of nitrogens with zero attached hydrogens (tertiary/aromatic N) is 1. The van der Waals surface area contributed by atoms with Gasteiger partial charge >= 0.3 is 0 Å². The summed E-state index contributed by atoms with van der Waals surface area (Å²) >= 11 is 3.40. The maximum absolute atomic E-state index is 11.9. The van der Waals surface area contributed by atoms with Crippen LogP contribution < -0.4 is 5.32 Å². The zero-order valence-electron chi connectivity index (χ0n) is 9.09. The van der Waals surface area contributed by atoms with Crippen molar-refractivity contribution >= 4 is 21.8 Å². The van der Waals surface area contributed by atoms with Crippen LogP contribution in [0.4, 0.5) is 0 Å². The van der Waals surface area contributed by atoms with Gasteiger partial charge in [0.1, 0.15) is 5.69 Å². The molecular formula is C12H13BrN2O. The molecule has 1 N–H and O–H groups in total. The zero-order chi connectivity index (χ0) is 11.5. The van der Waals surface area contributed by atoms with E-state index in [1.165, 1.54) is 0 Å². The summed E-state index contributed by atoms with van der Waals surface area (Å²) < 4.78 is 2.99. The fourth-order valence-electron chi connectivity index (χ4n) is 1.59.